The SMILES string of the molecule is Cc1ccccc1N(CCCN)C(=O)CC1CCCCC1. The molecule has 0 radical (unpaired) electrons. The lowest BCUT2D eigenvalue weighted by Crippen LogP contribution is -2.35. The number of nitrogens with two attached hydrogens (primary N) is 1. The Morgan fingerprint density at radius 3 is 2.62 bits per heavy atom. The predicted molar refractivity (Wildman–Crippen MR) is 88.4 cm³/mol. The van der Waals surface area contributed by atoms with Crippen LogP contribution in [0.5, 0.6) is 0 Å². The summed E-state index contributed by atoms with van der Waals surface area (Å²) in [6.45, 7) is 3.42. The summed E-state index contributed by atoms with van der Waals surface area (Å²) in [4.78, 5) is 14.7. The average Bonchev–Trinajstić information content (AvgIpc) is 2.50. The van der Waals surface area contributed by atoms with Crippen molar-refractivity contribution in [1.29, 1.82) is 0 Å². The molecule has 1 fully saturated rings. The number of benzene rings is 1. The number of carbonyl (C=O) groups excluding carboxylic acids is 1. The van der Waals surface area contributed by atoms with Gasteiger partial charge in [0.1, 0.15) is 0 Å². The molecule has 0 saturated heterocycles. The van der Waals surface area contributed by atoms with Crippen LogP contribution in [0, 0.1) is 12.8 Å². The van der Waals surface area contributed by atoms with E-state index >= 15 is 0 Å². The van der Waals surface area contributed by atoms with E-state index in [2.05, 4.69) is 13.0 Å². The highest BCUT2D eigenvalue weighted by Crippen LogP contribution is 2.28. The fourth-order valence-electron chi connectivity index (χ4n) is 3.24. The first kappa shape index (κ1) is 16.0. The molecule has 1 saturated carbocycles. The first-order valence-corrected chi connectivity index (χ1v) is 8.28. The third-order valence-electron chi connectivity index (χ3n) is 4.48. The van der Waals surface area contributed by atoms with Gasteiger partial charge in [-0.25, -0.2) is 0 Å². The van der Waals surface area contributed by atoms with E-state index in [9.17, 15) is 4.79 Å². The fourth-order valence-corrected chi connectivity index (χ4v) is 3.24. The topological polar surface area (TPSA) is 46.3 Å². The number of nitrogens with zero attached hydrogens (tertiary/aromatic N) is 1. The summed E-state index contributed by atoms with van der Waals surface area (Å²) < 4.78 is 0. The first-order chi connectivity index (χ1) is 10.2. The van der Waals surface area contributed by atoms with Gasteiger partial charge in [-0.15, -0.1) is 0 Å². The number of rotatable bonds is 6. The zero-order valence-electron chi connectivity index (χ0n) is 13.2. The largest absolute Gasteiger partial charge is 0.330 e. The lowest BCUT2D eigenvalue weighted by atomic mass is 9.86. The van der Waals surface area contributed by atoms with E-state index < -0.39 is 0 Å². The van der Waals surface area contributed by atoms with Crippen LogP contribution in [-0.4, -0.2) is 19.0 Å². The van der Waals surface area contributed by atoms with E-state index in [4.69, 9.17) is 5.73 Å². The van der Waals surface area contributed by atoms with Gasteiger partial charge in [-0.2, -0.15) is 0 Å². The second-order valence-corrected chi connectivity index (χ2v) is 6.18. The molecule has 1 amide bonds. The number of anilines is 1. The van der Waals surface area contributed by atoms with Crippen molar-refractivity contribution in [3.63, 3.8) is 0 Å². The summed E-state index contributed by atoms with van der Waals surface area (Å²) in [6.07, 6.45) is 7.87. The van der Waals surface area contributed by atoms with Gasteiger partial charge in [0, 0.05) is 18.7 Å². The van der Waals surface area contributed by atoms with Crippen LogP contribution < -0.4 is 10.6 Å². The zero-order valence-corrected chi connectivity index (χ0v) is 13.2. The van der Waals surface area contributed by atoms with E-state index in [0.717, 1.165) is 24.2 Å². The third kappa shape index (κ3) is 4.57. The molecular formula is C18H28N2O. The van der Waals surface area contributed by atoms with Crippen LogP contribution in [0.4, 0.5) is 5.69 Å². The fraction of sp³-hybridized carbons (Fsp3) is 0.611. The summed E-state index contributed by atoms with van der Waals surface area (Å²) in [5.41, 5.74) is 7.85. The predicted octanol–water partition coefficient (Wildman–Crippen LogP) is 3.65. The van der Waals surface area contributed by atoms with Crippen LogP contribution >= 0.6 is 0 Å². The molecule has 1 aromatic carbocycles. The van der Waals surface area contributed by atoms with Crippen molar-refractivity contribution >= 4 is 11.6 Å². The van der Waals surface area contributed by atoms with Crippen molar-refractivity contribution in [3.8, 4) is 0 Å². The molecule has 0 atom stereocenters. The highest BCUT2D eigenvalue weighted by molar-refractivity contribution is 5.94. The number of aryl methyl sites for hydroxylation is 1. The number of para-hydroxylation sites is 1. The van der Waals surface area contributed by atoms with E-state index in [-0.39, 0.29) is 5.91 Å². The summed E-state index contributed by atoms with van der Waals surface area (Å²) in [5.74, 6) is 0.847. The number of hydrogen-bond acceptors (Lipinski definition) is 2. The molecule has 0 unspecified atom stereocenters. The molecule has 0 bridgehead atoms. The summed E-state index contributed by atoms with van der Waals surface area (Å²) in [5, 5.41) is 0. The smallest absolute Gasteiger partial charge is 0.227 e. The summed E-state index contributed by atoms with van der Waals surface area (Å²) >= 11 is 0. The maximum Gasteiger partial charge on any atom is 0.227 e. The Morgan fingerprint density at radius 2 is 1.95 bits per heavy atom. The molecule has 1 aliphatic carbocycles. The molecular weight excluding hydrogens is 260 g/mol. The van der Waals surface area contributed by atoms with Crippen LogP contribution in [-0.2, 0) is 4.79 Å². The summed E-state index contributed by atoms with van der Waals surface area (Å²) in [7, 11) is 0. The molecule has 1 aliphatic rings. The molecule has 1 aromatic rings. The Morgan fingerprint density at radius 1 is 1.24 bits per heavy atom. The second-order valence-electron chi connectivity index (χ2n) is 6.18. The lowest BCUT2D eigenvalue weighted by Gasteiger charge is -2.28. The minimum Gasteiger partial charge on any atom is -0.330 e. The minimum absolute atomic E-state index is 0.268. The van der Waals surface area contributed by atoms with Gasteiger partial charge in [0.15, 0.2) is 0 Å². The van der Waals surface area contributed by atoms with Crippen LogP contribution in [0.15, 0.2) is 24.3 Å². The molecule has 0 aromatic heterocycles. The molecule has 3 heteroatoms. The quantitative estimate of drug-likeness (QED) is 0.868. The van der Waals surface area contributed by atoms with Gasteiger partial charge in [0.2, 0.25) is 5.91 Å². The van der Waals surface area contributed by atoms with E-state index in [0.29, 0.717) is 18.9 Å². The first-order valence-electron chi connectivity index (χ1n) is 8.28. The van der Waals surface area contributed by atoms with Crippen molar-refractivity contribution < 1.29 is 4.79 Å². The van der Waals surface area contributed by atoms with Crippen LogP contribution in [0.25, 0.3) is 0 Å². The van der Waals surface area contributed by atoms with E-state index in [1.54, 1.807) is 0 Å². The maximum absolute atomic E-state index is 12.8. The molecule has 0 heterocycles. The van der Waals surface area contributed by atoms with Crippen molar-refractivity contribution in [2.45, 2.75) is 51.9 Å². The zero-order chi connectivity index (χ0) is 15.1. The number of carbonyl (C=O) groups is 1. The normalized spacial score (nSPS) is 15.9. The molecule has 0 aliphatic heterocycles. The van der Waals surface area contributed by atoms with Crippen LogP contribution in [0.2, 0.25) is 0 Å². The highest BCUT2D eigenvalue weighted by atomic mass is 16.2. The Balaban J connectivity index is 2.07. The Kier molecular flexibility index (Phi) is 6.24. The third-order valence-corrected chi connectivity index (χ3v) is 4.48. The van der Waals surface area contributed by atoms with Gasteiger partial charge < -0.3 is 10.6 Å². The highest BCUT2D eigenvalue weighted by Gasteiger charge is 2.22. The van der Waals surface area contributed by atoms with E-state index in [1.165, 1.54) is 32.1 Å². The average molecular weight is 288 g/mol. The van der Waals surface area contributed by atoms with E-state index in [1.807, 2.05) is 23.1 Å². The Bertz CT molecular complexity index is 452. The second kappa shape index (κ2) is 8.18. The van der Waals surface area contributed by atoms with Crippen molar-refractivity contribution in [2.75, 3.05) is 18.0 Å². The molecule has 0 spiro atoms. The van der Waals surface area contributed by atoms with Crippen molar-refractivity contribution in [2.24, 2.45) is 11.7 Å². The lowest BCUT2D eigenvalue weighted by molar-refractivity contribution is -0.119. The van der Waals surface area contributed by atoms with Gasteiger partial charge in [0.05, 0.1) is 0 Å². The van der Waals surface area contributed by atoms with Gasteiger partial charge >= 0.3 is 0 Å². The molecule has 2 rings (SSSR count). The molecule has 21 heavy (non-hydrogen) atoms. The van der Waals surface area contributed by atoms with Crippen LogP contribution in [0.3, 0.4) is 0 Å². The summed E-state index contributed by atoms with van der Waals surface area (Å²) in [6, 6.07) is 8.14. The molecule has 2 N–H and O–H groups in total. The van der Waals surface area contributed by atoms with Crippen LogP contribution in [0.1, 0.15) is 50.5 Å². The number of hydrogen-bond donors (Lipinski definition) is 1. The molecule has 116 valence electrons. The monoisotopic (exact) mass is 288 g/mol. The maximum atomic E-state index is 12.8. The van der Waals surface area contributed by atoms with Gasteiger partial charge in [0.25, 0.3) is 0 Å². The Hall–Kier alpha value is -1.35. The van der Waals surface area contributed by atoms with Gasteiger partial charge in [-0.05, 0) is 50.3 Å². The van der Waals surface area contributed by atoms with Crippen molar-refractivity contribution in [3.05, 3.63) is 29.8 Å². The van der Waals surface area contributed by atoms with Gasteiger partial charge in [-0.3, -0.25) is 4.79 Å². The Labute approximate surface area is 128 Å². The van der Waals surface area contributed by atoms with Gasteiger partial charge in [-0.1, -0.05) is 37.5 Å². The standard InChI is InChI=1S/C18H28N2O/c1-15-8-5-6-11-17(15)20(13-7-12-19)18(21)14-16-9-3-2-4-10-16/h5-6,8,11,16H,2-4,7,9-10,12-14,19H2,1H3. The molecule has 3 nitrogen and oxygen atoms in total. The van der Waals surface area contributed by atoms with Crippen molar-refractivity contribution in [1.82, 2.24) is 0 Å². The minimum atomic E-state index is 0.268. The number of amides is 1.